The number of aromatic nitrogens is 2. The molecule has 0 amide bonds. The number of imidazole rings is 1. The van der Waals surface area contributed by atoms with Crippen LogP contribution < -0.4 is 4.74 Å². The van der Waals surface area contributed by atoms with Crippen molar-refractivity contribution >= 4 is 33.2 Å². The van der Waals surface area contributed by atoms with E-state index in [1.165, 1.54) is 0 Å². The topological polar surface area (TPSA) is 26.5 Å². The van der Waals surface area contributed by atoms with E-state index in [4.69, 9.17) is 16.3 Å². The average molecular weight is 338 g/mol. The van der Waals surface area contributed by atoms with Gasteiger partial charge in [-0.15, -0.1) is 11.6 Å². The maximum atomic E-state index is 6.00. The summed E-state index contributed by atoms with van der Waals surface area (Å²) in [5.74, 6) is 1.62. The van der Waals surface area contributed by atoms with E-state index in [-0.39, 0.29) is 0 Å². The van der Waals surface area contributed by atoms with Crippen molar-refractivity contribution in [1.82, 2.24) is 9.38 Å². The van der Waals surface area contributed by atoms with Gasteiger partial charge in [0.25, 0.3) is 0 Å². The van der Waals surface area contributed by atoms with E-state index < -0.39 is 0 Å². The predicted octanol–water partition coefficient (Wildman–Crippen LogP) is 4.63. The zero-order valence-corrected chi connectivity index (χ0v) is 12.2. The summed E-state index contributed by atoms with van der Waals surface area (Å²) in [6.07, 6.45) is 1.93. The standard InChI is InChI=1S/C14H10BrClN2O/c15-10-4-6-11(7-5-10)19-14-12(9-16)18-8-2-1-3-13(18)17-14/h1-8H,9H2. The van der Waals surface area contributed by atoms with Crippen molar-refractivity contribution in [3.8, 4) is 11.6 Å². The number of pyridine rings is 1. The first-order chi connectivity index (χ1) is 9.28. The summed E-state index contributed by atoms with van der Waals surface area (Å²) < 4.78 is 8.74. The fourth-order valence-electron chi connectivity index (χ4n) is 1.84. The summed E-state index contributed by atoms with van der Waals surface area (Å²) in [4.78, 5) is 4.45. The van der Waals surface area contributed by atoms with Crippen LogP contribution in [0.1, 0.15) is 5.69 Å². The van der Waals surface area contributed by atoms with Crippen molar-refractivity contribution in [3.63, 3.8) is 0 Å². The molecule has 0 aliphatic heterocycles. The molecule has 0 saturated heterocycles. The van der Waals surface area contributed by atoms with Gasteiger partial charge in [0.2, 0.25) is 5.88 Å². The van der Waals surface area contributed by atoms with Crippen LogP contribution in [0.3, 0.4) is 0 Å². The van der Waals surface area contributed by atoms with E-state index >= 15 is 0 Å². The van der Waals surface area contributed by atoms with E-state index in [1.54, 1.807) is 0 Å². The minimum Gasteiger partial charge on any atom is -0.437 e. The number of halogens is 2. The second-order valence-corrected chi connectivity index (χ2v) is 5.17. The first-order valence-electron chi connectivity index (χ1n) is 5.73. The molecular formula is C14H10BrClN2O. The van der Waals surface area contributed by atoms with Gasteiger partial charge in [-0.2, -0.15) is 4.98 Å². The van der Waals surface area contributed by atoms with Gasteiger partial charge in [-0.3, -0.25) is 4.40 Å². The number of ether oxygens (including phenoxy) is 1. The number of rotatable bonds is 3. The Morgan fingerprint density at radius 2 is 1.95 bits per heavy atom. The van der Waals surface area contributed by atoms with Crippen LogP contribution in [-0.4, -0.2) is 9.38 Å². The van der Waals surface area contributed by atoms with Crippen LogP contribution in [0.15, 0.2) is 53.1 Å². The molecule has 0 aliphatic rings. The fourth-order valence-corrected chi connectivity index (χ4v) is 2.35. The van der Waals surface area contributed by atoms with Gasteiger partial charge in [-0.05, 0) is 36.4 Å². The summed E-state index contributed by atoms with van der Waals surface area (Å²) in [6, 6.07) is 13.4. The molecule has 0 aliphatic carbocycles. The van der Waals surface area contributed by atoms with Crippen LogP contribution in [0.5, 0.6) is 11.6 Å². The molecule has 3 aromatic rings. The van der Waals surface area contributed by atoms with Gasteiger partial charge in [0.05, 0.1) is 5.88 Å². The molecule has 5 heteroatoms. The van der Waals surface area contributed by atoms with Crippen LogP contribution in [0.4, 0.5) is 0 Å². The summed E-state index contributed by atoms with van der Waals surface area (Å²) in [7, 11) is 0. The van der Waals surface area contributed by atoms with Crippen molar-refractivity contribution in [2.24, 2.45) is 0 Å². The van der Waals surface area contributed by atoms with Crippen molar-refractivity contribution in [2.75, 3.05) is 0 Å². The average Bonchev–Trinajstić information content (AvgIpc) is 2.78. The Morgan fingerprint density at radius 3 is 2.68 bits per heavy atom. The molecule has 19 heavy (non-hydrogen) atoms. The third-order valence-electron chi connectivity index (χ3n) is 2.75. The maximum absolute atomic E-state index is 6.00. The predicted molar refractivity (Wildman–Crippen MR) is 79.0 cm³/mol. The summed E-state index contributed by atoms with van der Waals surface area (Å²) >= 11 is 9.39. The molecule has 2 aromatic heterocycles. The van der Waals surface area contributed by atoms with E-state index in [1.807, 2.05) is 53.1 Å². The summed E-state index contributed by atoms with van der Waals surface area (Å²) in [6.45, 7) is 0. The lowest BCUT2D eigenvalue weighted by atomic mass is 10.3. The quantitative estimate of drug-likeness (QED) is 0.652. The van der Waals surface area contributed by atoms with Gasteiger partial charge in [0.15, 0.2) is 0 Å². The van der Waals surface area contributed by atoms with Gasteiger partial charge < -0.3 is 4.74 Å². The van der Waals surface area contributed by atoms with Gasteiger partial charge in [-0.1, -0.05) is 22.0 Å². The van der Waals surface area contributed by atoms with Crippen molar-refractivity contribution in [1.29, 1.82) is 0 Å². The SMILES string of the molecule is ClCc1c(Oc2ccc(Br)cc2)nc2ccccn12. The Hall–Kier alpha value is -1.52. The molecule has 0 N–H and O–H groups in total. The molecule has 0 bridgehead atoms. The maximum Gasteiger partial charge on any atom is 0.242 e. The van der Waals surface area contributed by atoms with Crippen LogP contribution in [-0.2, 0) is 5.88 Å². The Labute approximate surface area is 123 Å². The van der Waals surface area contributed by atoms with E-state index in [0.29, 0.717) is 11.8 Å². The van der Waals surface area contributed by atoms with Crippen LogP contribution in [0.2, 0.25) is 0 Å². The third-order valence-corrected chi connectivity index (χ3v) is 3.53. The third kappa shape index (κ3) is 2.46. The molecule has 96 valence electrons. The zero-order valence-electron chi connectivity index (χ0n) is 9.88. The van der Waals surface area contributed by atoms with Gasteiger partial charge in [-0.25, -0.2) is 0 Å². The Kier molecular flexibility index (Phi) is 3.44. The molecule has 3 nitrogen and oxygen atoms in total. The molecule has 0 atom stereocenters. The number of alkyl halides is 1. The van der Waals surface area contributed by atoms with E-state index in [0.717, 1.165) is 21.6 Å². The minimum atomic E-state index is 0.344. The molecule has 0 unspecified atom stereocenters. The molecule has 0 radical (unpaired) electrons. The number of hydrogen-bond acceptors (Lipinski definition) is 2. The molecule has 3 rings (SSSR count). The second kappa shape index (κ2) is 5.23. The van der Waals surface area contributed by atoms with Gasteiger partial charge >= 0.3 is 0 Å². The molecule has 2 heterocycles. The largest absolute Gasteiger partial charge is 0.437 e. The highest BCUT2D eigenvalue weighted by Gasteiger charge is 2.12. The first-order valence-corrected chi connectivity index (χ1v) is 7.06. The highest BCUT2D eigenvalue weighted by Crippen LogP contribution is 2.27. The summed E-state index contributed by atoms with van der Waals surface area (Å²) in [5.41, 5.74) is 1.67. The minimum absolute atomic E-state index is 0.344. The second-order valence-electron chi connectivity index (χ2n) is 3.98. The monoisotopic (exact) mass is 336 g/mol. The van der Waals surface area contributed by atoms with E-state index in [9.17, 15) is 0 Å². The van der Waals surface area contributed by atoms with Crippen LogP contribution in [0.25, 0.3) is 5.65 Å². The number of hydrogen-bond donors (Lipinski definition) is 0. The van der Waals surface area contributed by atoms with Gasteiger partial charge in [0.1, 0.15) is 17.1 Å². The molecular weight excluding hydrogens is 328 g/mol. The summed E-state index contributed by atoms with van der Waals surface area (Å²) in [5, 5.41) is 0. The van der Waals surface area contributed by atoms with E-state index in [2.05, 4.69) is 20.9 Å². The van der Waals surface area contributed by atoms with Crippen LogP contribution in [0, 0.1) is 0 Å². The number of benzene rings is 1. The Morgan fingerprint density at radius 1 is 1.16 bits per heavy atom. The molecule has 0 fully saturated rings. The molecule has 0 spiro atoms. The smallest absolute Gasteiger partial charge is 0.242 e. The Bertz CT molecular complexity index is 709. The first kappa shape index (κ1) is 12.5. The van der Waals surface area contributed by atoms with Crippen molar-refractivity contribution in [3.05, 3.63) is 58.8 Å². The van der Waals surface area contributed by atoms with Crippen molar-refractivity contribution < 1.29 is 4.74 Å². The number of nitrogens with zero attached hydrogens (tertiary/aromatic N) is 2. The van der Waals surface area contributed by atoms with Crippen molar-refractivity contribution in [2.45, 2.75) is 5.88 Å². The lowest BCUT2D eigenvalue weighted by Gasteiger charge is -2.04. The normalized spacial score (nSPS) is 10.8. The highest BCUT2D eigenvalue weighted by atomic mass is 79.9. The Balaban J connectivity index is 2.02. The fraction of sp³-hybridized carbons (Fsp3) is 0.0714. The molecule has 0 saturated carbocycles. The van der Waals surface area contributed by atoms with Crippen LogP contribution >= 0.6 is 27.5 Å². The molecule has 1 aromatic carbocycles. The van der Waals surface area contributed by atoms with Gasteiger partial charge in [0, 0.05) is 10.7 Å². The zero-order chi connectivity index (χ0) is 13.2. The lowest BCUT2D eigenvalue weighted by Crippen LogP contribution is -1.91. The lowest BCUT2D eigenvalue weighted by molar-refractivity contribution is 0.461. The number of fused-ring (bicyclic) bond motifs is 1. The highest BCUT2D eigenvalue weighted by molar-refractivity contribution is 9.10.